The van der Waals surface area contributed by atoms with Gasteiger partial charge in [-0.15, -0.1) is 11.6 Å². The summed E-state index contributed by atoms with van der Waals surface area (Å²) in [5.41, 5.74) is 1.18. The Morgan fingerprint density at radius 2 is 1.62 bits per heavy atom. The lowest BCUT2D eigenvalue weighted by Gasteiger charge is -2.08. The molecule has 0 aromatic heterocycles. The summed E-state index contributed by atoms with van der Waals surface area (Å²) in [6, 6.07) is 9.35. The van der Waals surface area contributed by atoms with Gasteiger partial charge in [-0.05, 0) is 23.3 Å². The maximum Gasteiger partial charge on any atom is 0.257 e. The van der Waals surface area contributed by atoms with E-state index in [-0.39, 0.29) is 11.0 Å². The van der Waals surface area contributed by atoms with Gasteiger partial charge >= 0.3 is 0 Å². The van der Waals surface area contributed by atoms with Crippen LogP contribution in [0.15, 0.2) is 40.9 Å². The first-order valence-electron chi connectivity index (χ1n) is 6.08. The summed E-state index contributed by atoms with van der Waals surface area (Å²) in [4.78, 5) is 11.9. The first kappa shape index (κ1) is 15.9. The Morgan fingerprint density at radius 3 is 2.14 bits per heavy atom. The van der Waals surface area contributed by atoms with Crippen LogP contribution in [0.5, 0.6) is 0 Å². The molecule has 0 saturated heterocycles. The molecule has 110 valence electrons. The Bertz CT molecular complexity index is 638. The number of hydrogen-bond donors (Lipinski definition) is 1. The molecule has 2 aromatic carbocycles. The van der Waals surface area contributed by atoms with E-state index in [1.165, 1.54) is 0 Å². The van der Waals surface area contributed by atoms with Gasteiger partial charge in [0.15, 0.2) is 0 Å². The van der Waals surface area contributed by atoms with E-state index in [1.807, 2.05) is 12.1 Å². The Hall–Kier alpha value is -1.46. The number of benzene rings is 2. The molecule has 0 bridgehead atoms. The van der Waals surface area contributed by atoms with Crippen molar-refractivity contribution >= 4 is 33.4 Å². The van der Waals surface area contributed by atoms with Gasteiger partial charge in [0.05, 0.1) is 0 Å². The summed E-state index contributed by atoms with van der Waals surface area (Å²) in [5.74, 6) is -2.20. The minimum Gasteiger partial charge on any atom is -0.348 e. The van der Waals surface area contributed by atoms with E-state index in [2.05, 4.69) is 21.2 Å². The lowest BCUT2D eigenvalue weighted by Crippen LogP contribution is -2.25. The van der Waals surface area contributed by atoms with Crippen molar-refractivity contribution in [3.63, 3.8) is 0 Å². The van der Waals surface area contributed by atoms with Crippen molar-refractivity contribution in [1.29, 1.82) is 0 Å². The van der Waals surface area contributed by atoms with Crippen molar-refractivity contribution in [1.82, 2.24) is 5.32 Å². The second kappa shape index (κ2) is 7.00. The topological polar surface area (TPSA) is 29.1 Å². The quantitative estimate of drug-likeness (QED) is 0.790. The van der Waals surface area contributed by atoms with Crippen LogP contribution in [0, 0.1) is 11.6 Å². The van der Waals surface area contributed by atoms with E-state index in [1.54, 1.807) is 12.1 Å². The minimum atomic E-state index is -0.906. The van der Waals surface area contributed by atoms with Gasteiger partial charge in [-0.1, -0.05) is 40.2 Å². The second-order valence-corrected chi connectivity index (χ2v) is 5.56. The number of carbonyl (C=O) groups excluding carboxylic acids is 1. The predicted molar refractivity (Wildman–Crippen MR) is 81.2 cm³/mol. The highest BCUT2D eigenvalue weighted by Crippen LogP contribution is 2.19. The van der Waals surface area contributed by atoms with Crippen LogP contribution >= 0.6 is 27.5 Å². The van der Waals surface area contributed by atoms with Crippen molar-refractivity contribution in [3.8, 4) is 0 Å². The van der Waals surface area contributed by atoms with E-state index >= 15 is 0 Å². The molecule has 0 fully saturated rings. The molecule has 2 rings (SSSR count). The number of rotatable bonds is 4. The average molecular weight is 375 g/mol. The Labute approximate surface area is 134 Å². The van der Waals surface area contributed by atoms with Crippen LogP contribution in [0.1, 0.15) is 21.5 Å². The summed E-state index contributed by atoms with van der Waals surface area (Å²) < 4.78 is 27.5. The number of halogens is 4. The van der Waals surface area contributed by atoms with Crippen molar-refractivity contribution in [2.24, 2.45) is 0 Å². The summed E-state index contributed by atoms with van der Waals surface area (Å²) in [7, 11) is 0. The van der Waals surface area contributed by atoms with Crippen LogP contribution in [-0.4, -0.2) is 5.91 Å². The monoisotopic (exact) mass is 373 g/mol. The number of alkyl halides is 1. The van der Waals surface area contributed by atoms with E-state index < -0.39 is 23.1 Å². The summed E-state index contributed by atoms with van der Waals surface area (Å²) in [5, 5.41) is 2.49. The second-order valence-electron chi connectivity index (χ2n) is 4.38. The van der Waals surface area contributed by atoms with Crippen LogP contribution in [0.3, 0.4) is 0 Å². The molecule has 0 radical (unpaired) electrons. The van der Waals surface area contributed by atoms with Crippen molar-refractivity contribution < 1.29 is 13.6 Å². The molecule has 1 N–H and O–H groups in total. The summed E-state index contributed by atoms with van der Waals surface area (Å²) in [6.07, 6.45) is 0. The zero-order valence-electron chi connectivity index (χ0n) is 10.8. The fraction of sp³-hybridized carbons (Fsp3) is 0.133. The van der Waals surface area contributed by atoms with Gasteiger partial charge in [0.2, 0.25) is 0 Å². The molecule has 0 aliphatic carbocycles. The van der Waals surface area contributed by atoms with E-state index in [0.717, 1.165) is 23.3 Å². The van der Waals surface area contributed by atoms with Crippen LogP contribution in [0.4, 0.5) is 8.78 Å². The number of amides is 1. The third kappa shape index (κ3) is 4.02. The predicted octanol–water partition coefficient (Wildman–Crippen LogP) is 4.40. The first-order chi connectivity index (χ1) is 10.0. The SMILES string of the molecule is O=C(NCc1ccc(CCl)cc1)c1c(F)cc(Br)cc1F. The number of hydrogen-bond acceptors (Lipinski definition) is 1. The van der Waals surface area contributed by atoms with Crippen molar-refractivity contribution in [2.45, 2.75) is 12.4 Å². The molecular weight excluding hydrogens is 364 g/mol. The maximum absolute atomic E-state index is 13.6. The Morgan fingerprint density at radius 1 is 1.10 bits per heavy atom. The highest BCUT2D eigenvalue weighted by molar-refractivity contribution is 9.10. The van der Waals surface area contributed by atoms with Crippen molar-refractivity contribution in [2.75, 3.05) is 0 Å². The van der Waals surface area contributed by atoms with Gasteiger partial charge < -0.3 is 5.32 Å². The lowest BCUT2D eigenvalue weighted by molar-refractivity contribution is 0.0942. The van der Waals surface area contributed by atoms with Gasteiger partial charge in [0.1, 0.15) is 17.2 Å². The molecule has 0 spiro atoms. The van der Waals surface area contributed by atoms with E-state index in [9.17, 15) is 13.6 Å². The van der Waals surface area contributed by atoms with Crippen LogP contribution in [-0.2, 0) is 12.4 Å². The molecule has 0 aliphatic heterocycles. The number of carbonyl (C=O) groups is 1. The third-order valence-corrected chi connectivity index (χ3v) is 3.63. The molecule has 21 heavy (non-hydrogen) atoms. The third-order valence-electron chi connectivity index (χ3n) is 2.86. The lowest BCUT2D eigenvalue weighted by atomic mass is 10.1. The fourth-order valence-electron chi connectivity index (χ4n) is 1.78. The molecular formula is C15H11BrClF2NO. The van der Waals surface area contributed by atoms with Gasteiger partial charge in [0.25, 0.3) is 5.91 Å². The van der Waals surface area contributed by atoms with Gasteiger partial charge in [0, 0.05) is 16.9 Å². The summed E-state index contributed by atoms with van der Waals surface area (Å²) in [6.45, 7) is 0.177. The molecule has 1 amide bonds. The fourth-order valence-corrected chi connectivity index (χ4v) is 2.36. The van der Waals surface area contributed by atoms with E-state index in [0.29, 0.717) is 5.88 Å². The highest BCUT2D eigenvalue weighted by Gasteiger charge is 2.18. The molecule has 0 saturated carbocycles. The zero-order chi connectivity index (χ0) is 15.4. The van der Waals surface area contributed by atoms with Gasteiger partial charge in [-0.25, -0.2) is 8.78 Å². The van der Waals surface area contributed by atoms with Crippen LogP contribution in [0.25, 0.3) is 0 Å². The van der Waals surface area contributed by atoms with Gasteiger partial charge in [-0.3, -0.25) is 4.79 Å². The normalized spacial score (nSPS) is 10.5. The van der Waals surface area contributed by atoms with Crippen molar-refractivity contribution in [3.05, 3.63) is 69.2 Å². The standard InChI is InChI=1S/C15H11BrClF2NO/c16-11-5-12(18)14(13(19)6-11)15(21)20-8-10-3-1-9(7-17)2-4-10/h1-6H,7-8H2,(H,20,21). The van der Waals surface area contributed by atoms with Crippen LogP contribution in [0.2, 0.25) is 0 Å². The average Bonchev–Trinajstić information content (AvgIpc) is 2.44. The van der Waals surface area contributed by atoms with Crippen LogP contribution < -0.4 is 5.32 Å². The molecule has 0 heterocycles. The molecule has 2 nitrogen and oxygen atoms in total. The number of nitrogens with one attached hydrogen (secondary N) is 1. The minimum absolute atomic E-state index is 0.177. The smallest absolute Gasteiger partial charge is 0.257 e. The molecule has 0 unspecified atom stereocenters. The zero-order valence-corrected chi connectivity index (χ0v) is 13.1. The Kier molecular flexibility index (Phi) is 5.31. The largest absolute Gasteiger partial charge is 0.348 e. The van der Waals surface area contributed by atoms with Gasteiger partial charge in [-0.2, -0.15) is 0 Å². The molecule has 0 atom stereocenters. The Balaban J connectivity index is 2.08. The molecule has 0 aliphatic rings. The first-order valence-corrected chi connectivity index (χ1v) is 7.40. The highest BCUT2D eigenvalue weighted by atomic mass is 79.9. The van der Waals surface area contributed by atoms with E-state index in [4.69, 9.17) is 11.6 Å². The maximum atomic E-state index is 13.6. The molecule has 6 heteroatoms. The molecule has 2 aromatic rings. The summed E-state index contributed by atoms with van der Waals surface area (Å²) >= 11 is 8.64.